The summed E-state index contributed by atoms with van der Waals surface area (Å²) in [5, 5.41) is 9.12. The quantitative estimate of drug-likeness (QED) is 0.888. The van der Waals surface area contributed by atoms with E-state index in [0.29, 0.717) is 6.54 Å². The molecule has 4 nitrogen and oxygen atoms in total. The topological polar surface area (TPSA) is 59.3 Å². The second kappa shape index (κ2) is 6.63. The summed E-state index contributed by atoms with van der Waals surface area (Å²) in [7, 11) is 0. The van der Waals surface area contributed by atoms with Crippen molar-refractivity contribution in [2.75, 3.05) is 0 Å². The van der Waals surface area contributed by atoms with Gasteiger partial charge in [0, 0.05) is 30.4 Å². The summed E-state index contributed by atoms with van der Waals surface area (Å²) >= 11 is 0. The van der Waals surface area contributed by atoms with Gasteiger partial charge in [0.2, 0.25) is 0 Å². The summed E-state index contributed by atoms with van der Waals surface area (Å²) in [6, 6.07) is 6.40. The number of aromatic carboxylic acids is 1. The van der Waals surface area contributed by atoms with Gasteiger partial charge in [0.05, 0.1) is 5.56 Å². The number of pyridine rings is 1. The molecular weight excluding hydrogens is 347 g/mol. The van der Waals surface area contributed by atoms with Crippen LogP contribution in [0.25, 0.3) is 0 Å². The minimum Gasteiger partial charge on any atom is -0.477 e. The fourth-order valence-corrected chi connectivity index (χ4v) is 3.74. The molecular formula is C19H18F3NO3. The summed E-state index contributed by atoms with van der Waals surface area (Å²) in [5.41, 5.74) is -1.13. The van der Waals surface area contributed by atoms with Crippen molar-refractivity contribution in [3.8, 4) is 0 Å². The smallest absolute Gasteiger partial charge is 0.416 e. The fourth-order valence-electron chi connectivity index (χ4n) is 3.74. The summed E-state index contributed by atoms with van der Waals surface area (Å²) in [6.07, 6.45) is 1.95. The number of alkyl halides is 3. The average molecular weight is 365 g/mol. The zero-order chi connectivity index (χ0) is 18.9. The number of aromatic nitrogens is 1. The van der Waals surface area contributed by atoms with Crippen molar-refractivity contribution < 1.29 is 23.1 Å². The van der Waals surface area contributed by atoms with Gasteiger partial charge in [-0.3, -0.25) is 4.79 Å². The normalized spacial score (nSPS) is 16.6. The van der Waals surface area contributed by atoms with Crippen LogP contribution in [0.4, 0.5) is 13.2 Å². The third-order valence-electron chi connectivity index (χ3n) is 5.08. The molecule has 1 heterocycles. The van der Waals surface area contributed by atoms with Crippen LogP contribution in [0, 0.1) is 0 Å². The molecule has 0 unspecified atom stereocenters. The van der Waals surface area contributed by atoms with E-state index < -0.39 is 23.1 Å². The van der Waals surface area contributed by atoms with E-state index >= 15 is 0 Å². The van der Waals surface area contributed by atoms with E-state index in [0.717, 1.165) is 43.4 Å². The molecule has 1 aliphatic rings. The highest BCUT2D eigenvalue weighted by atomic mass is 19.4. The Morgan fingerprint density at radius 2 is 1.73 bits per heavy atom. The van der Waals surface area contributed by atoms with Gasteiger partial charge in [-0.1, -0.05) is 25.0 Å². The number of benzene rings is 1. The third-order valence-corrected chi connectivity index (χ3v) is 5.08. The SMILES string of the molecule is O=C(O)c1cn(CC2(c3ccc(C(F)(F)F)cc3)CCCC2)ccc1=O. The third kappa shape index (κ3) is 3.52. The maximum atomic E-state index is 12.8. The molecule has 3 rings (SSSR count). The van der Waals surface area contributed by atoms with E-state index in [-0.39, 0.29) is 11.0 Å². The number of halogens is 3. The summed E-state index contributed by atoms with van der Waals surface area (Å²) in [6.45, 7) is 0.416. The second-order valence-corrected chi connectivity index (χ2v) is 6.76. The van der Waals surface area contributed by atoms with Gasteiger partial charge in [0.15, 0.2) is 5.43 Å². The van der Waals surface area contributed by atoms with Crippen molar-refractivity contribution in [1.29, 1.82) is 0 Å². The number of nitrogens with zero attached hydrogens (tertiary/aromatic N) is 1. The van der Waals surface area contributed by atoms with E-state index in [9.17, 15) is 22.8 Å². The number of hydrogen-bond acceptors (Lipinski definition) is 2. The molecule has 0 radical (unpaired) electrons. The molecule has 0 spiro atoms. The van der Waals surface area contributed by atoms with Crippen LogP contribution in [0.3, 0.4) is 0 Å². The first-order chi connectivity index (χ1) is 12.2. The Balaban J connectivity index is 1.95. The molecule has 7 heteroatoms. The van der Waals surface area contributed by atoms with E-state index in [1.54, 1.807) is 4.57 Å². The second-order valence-electron chi connectivity index (χ2n) is 6.76. The zero-order valence-electron chi connectivity index (χ0n) is 13.9. The lowest BCUT2D eigenvalue weighted by molar-refractivity contribution is -0.137. The van der Waals surface area contributed by atoms with Crippen molar-refractivity contribution in [1.82, 2.24) is 4.57 Å². The summed E-state index contributed by atoms with van der Waals surface area (Å²) < 4.78 is 40.1. The maximum absolute atomic E-state index is 12.8. The van der Waals surface area contributed by atoms with Crippen LogP contribution in [-0.4, -0.2) is 15.6 Å². The van der Waals surface area contributed by atoms with Crippen LogP contribution in [0.15, 0.2) is 47.5 Å². The van der Waals surface area contributed by atoms with Gasteiger partial charge < -0.3 is 9.67 Å². The standard InChI is InChI=1S/C19H18F3NO3/c20-19(21,22)14-5-3-13(4-6-14)18(8-1-2-9-18)12-23-10-7-16(24)15(11-23)17(25)26/h3-7,10-11H,1-2,8-9,12H2,(H,25,26). The van der Waals surface area contributed by atoms with Gasteiger partial charge in [-0.15, -0.1) is 0 Å². The minimum absolute atomic E-state index is 0.312. The highest BCUT2D eigenvalue weighted by Crippen LogP contribution is 2.43. The number of rotatable bonds is 4. The van der Waals surface area contributed by atoms with Crippen molar-refractivity contribution >= 4 is 5.97 Å². The Morgan fingerprint density at radius 3 is 2.27 bits per heavy atom. The number of hydrogen-bond donors (Lipinski definition) is 1. The molecule has 1 aliphatic carbocycles. The van der Waals surface area contributed by atoms with Gasteiger partial charge >= 0.3 is 12.1 Å². The predicted octanol–water partition coefficient (Wildman–Crippen LogP) is 4.08. The molecule has 0 bridgehead atoms. The van der Waals surface area contributed by atoms with Crippen LogP contribution >= 0.6 is 0 Å². The molecule has 0 atom stereocenters. The van der Waals surface area contributed by atoms with E-state index in [1.807, 2.05) is 0 Å². The minimum atomic E-state index is -4.38. The Bertz CT molecular complexity index is 863. The molecule has 0 saturated heterocycles. The lowest BCUT2D eigenvalue weighted by Crippen LogP contribution is -2.30. The van der Waals surface area contributed by atoms with Crippen LogP contribution in [0.2, 0.25) is 0 Å². The molecule has 2 aromatic rings. The zero-order valence-corrected chi connectivity index (χ0v) is 13.9. The first-order valence-corrected chi connectivity index (χ1v) is 8.32. The van der Waals surface area contributed by atoms with Gasteiger partial charge in [-0.05, 0) is 30.5 Å². The average Bonchev–Trinajstić information content (AvgIpc) is 3.05. The van der Waals surface area contributed by atoms with Gasteiger partial charge in [-0.25, -0.2) is 4.79 Å². The number of carboxylic acid groups (broad SMARTS) is 1. The highest BCUT2D eigenvalue weighted by molar-refractivity contribution is 5.86. The Morgan fingerprint density at radius 1 is 1.12 bits per heavy atom. The first-order valence-electron chi connectivity index (χ1n) is 8.32. The Hall–Kier alpha value is -2.57. The van der Waals surface area contributed by atoms with Crippen LogP contribution < -0.4 is 5.43 Å². The number of carbonyl (C=O) groups is 1. The summed E-state index contributed by atoms with van der Waals surface area (Å²) in [5.74, 6) is -1.29. The molecule has 0 aliphatic heterocycles. The molecule has 1 aromatic heterocycles. The number of carboxylic acids is 1. The van der Waals surface area contributed by atoms with Crippen LogP contribution in [0.1, 0.15) is 47.2 Å². The monoisotopic (exact) mass is 365 g/mol. The molecule has 26 heavy (non-hydrogen) atoms. The first kappa shape index (κ1) is 18.2. The predicted molar refractivity (Wildman–Crippen MR) is 89.3 cm³/mol. The summed E-state index contributed by atoms with van der Waals surface area (Å²) in [4.78, 5) is 22.8. The van der Waals surface area contributed by atoms with Crippen LogP contribution in [0.5, 0.6) is 0 Å². The lowest BCUT2D eigenvalue weighted by Gasteiger charge is -2.31. The molecule has 138 valence electrons. The van der Waals surface area contributed by atoms with Crippen molar-refractivity contribution in [3.05, 3.63) is 69.6 Å². The Kier molecular flexibility index (Phi) is 4.64. The molecule has 0 amide bonds. The van der Waals surface area contributed by atoms with Gasteiger partial charge in [0.25, 0.3) is 0 Å². The van der Waals surface area contributed by atoms with Gasteiger partial charge in [-0.2, -0.15) is 13.2 Å². The maximum Gasteiger partial charge on any atom is 0.416 e. The van der Waals surface area contributed by atoms with Crippen molar-refractivity contribution in [2.45, 2.75) is 43.8 Å². The lowest BCUT2D eigenvalue weighted by atomic mass is 9.78. The molecule has 1 fully saturated rings. The van der Waals surface area contributed by atoms with Gasteiger partial charge in [0.1, 0.15) is 5.56 Å². The van der Waals surface area contributed by atoms with Crippen molar-refractivity contribution in [2.24, 2.45) is 0 Å². The molecule has 1 aromatic carbocycles. The Labute approximate surface area is 147 Å². The molecule has 1 N–H and O–H groups in total. The van der Waals surface area contributed by atoms with E-state index in [2.05, 4.69) is 0 Å². The van der Waals surface area contributed by atoms with E-state index in [4.69, 9.17) is 5.11 Å². The van der Waals surface area contributed by atoms with Crippen molar-refractivity contribution in [3.63, 3.8) is 0 Å². The fraction of sp³-hybridized carbons (Fsp3) is 0.368. The van der Waals surface area contributed by atoms with Crippen LogP contribution in [-0.2, 0) is 18.1 Å². The van der Waals surface area contributed by atoms with E-state index in [1.165, 1.54) is 30.6 Å². The highest BCUT2D eigenvalue weighted by Gasteiger charge is 2.37. The largest absolute Gasteiger partial charge is 0.477 e. The molecule has 1 saturated carbocycles.